The van der Waals surface area contributed by atoms with Crippen molar-refractivity contribution in [3.8, 4) is 5.75 Å². The van der Waals surface area contributed by atoms with E-state index in [4.69, 9.17) is 4.74 Å². The first-order valence-electron chi connectivity index (χ1n) is 9.04. The number of benzene rings is 1. The van der Waals surface area contributed by atoms with Gasteiger partial charge in [0.2, 0.25) is 0 Å². The molecule has 1 aromatic carbocycles. The molecule has 0 aliphatic rings. The molecule has 0 aromatic heterocycles. The summed E-state index contributed by atoms with van der Waals surface area (Å²) in [6.07, 6.45) is 11.0. The molecule has 0 N–H and O–H groups in total. The normalized spacial score (nSPS) is 10.9. The van der Waals surface area contributed by atoms with Crippen LogP contribution in [-0.2, 0) is 19.3 Å². The highest BCUT2D eigenvalue weighted by molar-refractivity contribution is 5.45. The van der Waals surface area contributed by atoms with E-state index >= 15 is 0 Å². The predicted octanol–water partition coefficient (Wildman–Crippen LogP) is 6.11. The zero-order chi connectivity index (χ0) is 15.5. The van der Waals surface area contributed by atoms with Crippen LogP contribution in [0.4, 0.5) is 0 Å². The van der Waals surface area contributed by atoms with Crippen LogP contribution in [0.25, 0.3) is 0 Å². The van der Waals surface area contributed by atoms with Crippen LogP contribution in [0.15, 0.2) is 12.1 Å². The fourth-order valence-corrected chi connectivity index (χ4v) is 3.02. The van der Waals surface area contributed by atoms with Crippen molar-refractivity contribution in [2.24, 2.45) is 0 Å². The summed E-state index contributed by atoms with van der Waals surface area (Å²) >= 11 is 0. The van der Waals surface area contributed by atoms with Gasteiger partial charge in [0.1, 0.15) is 5.75 Å². The van der Waals surface area contributed by atoms with Gasteiger partial charge in [-0.1, -0.05) is 65.9 Å². The molecule has 0 fully saturated rings. The van der Waals surface area contributed by atoms with Crippen molar-refractivity contribution in [3.05, 3.63) is 28.8 Å². The summed E-state index contributed by atoms with van der Waals surface area (Å²) in [6.45, 7) is 9.91. The maximum Gasteiger partial charge on any atom is 0.122 e. The SMILES string of the molecule is CCCCCCOc1ccc(CCC)c(CCC)c1CC. The van der Waals surface area contributed by atoms with Gasteiger partial charge in [-0.25, -0.2) is 0 Å². The van der Waals surface area contributed by atoms with Crippen molar-refractivity contribution >= 4 is 0 Å². The second kappa shape index (κ2) is 10.7. The van der Waals surface area contributed by atoms with Gasteiger partial charge in [-0.3, -0.25) is 0 Å². The fourth-order valence-electron chi connectivity index (χ4n) is 3.02. The van der Waals surface area contributed by atoms with Crippen LogP contribution in [0, 0.1) is 0 Å². The first-order valence-corrected chi connectivity index (χ1v) is 9.04. The van der Waals surface area contributed by atoms with Gasteiger partial charge in [0.25, 0.3) is 0 Å². The summed E-state index contributed by atoms with van der Waals surface area (Å²) in [5.74, 6) is 1.14. The average Bonchev–Trinajstić information content (AvgIpc) is 2.49. The molecule has 0 atom stereocenters. The lowest BCUT2D eigenvalue weighted by Crippen LogP contribution is -2.05. The zero-order valence-electron chi connectivity index (χ0n) is 14.6. The second-order valence-electron chi connectivity index (χ2n) is 5.94. The van der Waals surface area contributed by atoms with Gasteiger partial charge in [0.15, 0.2) is 0 Å². The molecule has 0 spiro atoms. The van der Waals surface area contributed by atoms with Crippen molar-refractivity contribution in [2.45, 2.75) is 85.5 Å². The lowest BCUT2D eigenvalue weighted by atomic mass is 9.92. The van der Waals surface area contributed by atoms with E-state index in [1.54, 1.807) is 5.56 Å². The molecule has 0 aliphatic heterocycles. The van der Waals surface area contributed by atoms with E-state index in [0.717, 1.165) is 18.8 Å². The summed E-state index contributed by atoms with van der Waals surface area (Å²) in [7, 11) is 0. The monoisotopic (exact) mass is 290 g/mol. The molecule has 0 radical (unpaired) electrons. The summed E-state index contributed by atoms with van der Waals surface area (Å²) in [5.41, 5.74) is 4.56. The Balaban J connectivity index is 2.81. The quantitative estimate of drug-likeness (QED) is 0.446. The number of rotatable bonds is 11. The highest BCUT2D eigenvalue weighted by Crippen LogP contribution is 2.28. The van der Waals surface area contributed by atoms with Gasteiger partial charge < -0.3 is 4.74 Å². The van der Waals surface area contributed by atoms with Crippen molar-refractivity contribution in [1.29, 1.82) is 0 Å². The highest BCUT2D eigenvalue weighted by Gasteiger charge is 2.12. The van der Waals surface area contributed by atoms with Gasteiger partial charge in [0, 0.05) is 0 Å². The van der Waals surface area contributed by atoms with Crippen molar-refractivity contribution in [2.75, 3.05) is 6.61 Å². The minimum absolute atomic E-state index is 0.867. The second-order valence-corrected chi connectivity index (χ2v) is 5.94. The molecular formula is C20H34O. The van der Waals surface area contributed by atoms with Crippen LogP contribution < -0.4 is 4.74 Å². The Morgan fingerprint density at radius 2 is 1.52 bits per heavy atom. The number of aryl methyl sites for hydroxylation is 1. The molecule has 0 saturated heterocycles. The smallest absolute Gasteiger partial charge is 0.122 e. The number of ether oxygens (including phenoxy) is 1. The molecule has 1 rings (SSSR count). The molecule has 1 nitrogen and oxygen atoms in total. The van der Waals surface area contributed by atoms with Gasteiger partial charge in [-0.15, -0.1) is 0 Å². The van der Waals surface area contributed by atoms with E-state index in [9.17, 15) is 0 Å². The summed E-state index contributed by atoms with van der Waals surface area (Å²) in [5, 5.41) is 0. The van der Waals surface area contributed by atoms with E-state index in [1.165, 1.54) is 62.5 Å². The molecule has 0 amide bonds. The van der Waals surface area contributed by atoms with Crippen molar-refractivity contribution < 1.29 is 4.74 Å². The Morgan fingerprint density at radius 3 is 2.14 bits per heavy atom. The van der Waals surface area contributed by atoms with Gasteiger partial charge in [-0.2, -0.15) is 0 Å². The lowest BCUT2D eigenvalue weighted by Gasteiger charge is -2.18. The number of unbranched alkanes of at least 4 members (excludes halogenated alkanes) is 3. The van der Waals surface area contributed by atoms with E-state index in [2.05, 4.69) is 39.8 Å². The van der Waals surface area contributed by atoms with Gasteiger partial charge in [0.05, 0.1) is 6.61 Å². The number of hydrogen-bond donors (Lipinski definition) is 0. The van der Waals surface area contributed by atoms with E-state index < -0.39 is 0 Å². The van der Waals surface area contributed by atoms with Crippen LogP contribution in [-0.4, -0.2) is 6.61 Å². The molecule has 120 valence electrons. The molecular weight excluding hydrogens is 256 g/mol. The largest absolute Gasteiger partial charge is 0.493 e. The van der Waals surface area contributed by atoms with E-state index in [-0.39, 0.29) is 0 Å². The van der Waals surface area contributed by atoms with Gasteiger partial charge >= 0.3 is 0 Å². The molecule has 0 bridgehead atoms. The molecule has 1 aromatic rings. The minimum atomic E-state index is 0.867. The Kier molecular flexibility index (Phi) is 9.21. The Hall–Kier alpha value is -0.980. The summed E-state index contributed by atoms with van der Waals surface area (Å²) in [4.78, 5) is 0. The van der Waals surface area contributed by atoms with Crippen LogP contribution >= 0.6 is 0 Å². The Morgan fingerprint density at radius 1 is 0.762 bits per heavy atom. The minimum Gasteiger partial charge on any atom is -0.493 e. The summed E-state index contributed by atoms with van der Waals surface area (Å²) in [6, 6.07) is 4.51. The molecule has 21 heavy (non-hydrogen) atoms. The molecule has 0 aliphatic carbocycles. The predicted molar refractivity (Wildman–Crippen MR) is 93.4 cm³/mol. The average molecular weight is 290 g/mol. The van der Waals surface area contributed by atoms with E-state index in [1.807, 2.05) is 0 Å². The molecule has 1 heteroatoms. The van der Waals surface area contributed by atoms with E-state index in [0.29, 0.717) is 0 Å². The topological polar surface area (TPSA) is 9.23 Å². The van der Waals surface area contributed by atoms with Crippen molar-refractivity contribution in [3.63, 3.8) is 0 Å². The zero-order valence-corrected chi connectivity index (χ0v) is 14.6. The fraction of sp³-hybridized carbons (Fsp3) is 0.700. The molecule has 0 heterocycles. The molecule has 0 saturated carbocycles. The maximum atomic E-state index is 6.09. The maximum absolute atomic E-state index is 6.09. The van der Waals surface area contributed by atoms with Crippen LogP contribution in [0.2, 0.25) is 0 Å². The third kappa shape index (κ3) is 5.73. The van der Waals surface area contributed by atoms with Crippen LogP contribution in [0.3, 0.4) is 0 Å². The van der Waals surface area contributed by atoms with Crippen LogP contribution in [0.5, 0.6) is 5.75 Å². The standard InChI is InChI=1S/C20H34O/c1-5-9-10-11-16-21-20-15-14-17(12-6-2)19(13-7-3)18(20)8-4/h14-15H,5-13,16H2,1-4H3. The Bertz CT molecular complexity index is 395. The first-order chi connectivity index (χ1) is 10.3. The lowest BCUT2D eigenvalue weighted by molar-refractivity contribution is 0.302. The Labute approximate surface area is 132 Å². The third-order valence-corrected chi connectivity index (χ3v) is 4.11. The highest BCUT2D eigenvalue weighted by atomic mass is 16.5. The van der Waals surface area contributed by atoms with Crippen molar-refractivity contribution in [1.82, 2.24) is 0 Å². The van der Waals surface area contributed by atoms with Gasteiger partial charge in [-0.05, 0) is 48.4 Å². The first kappa shape index (κ1) is 18.1. The number of hydrogen-bond acceptors (Lipinski definition) is 1. The molecule has 0 unspecified atom stereocenters. The third-order valence-electron chi connectivity index (χ3n) is 4.11. The summed E-state index contributed by atoms with van der Waals surface area (Å²) < 4.78 is 6.09. The van der Waals surface area contributed by atoms with Crippen LogP contribution in [0.1, 0.15) is 82.9 Å².